The van der Waals surface area contributed by atoms with Gasteiger partial charge in [0.25, 0.3) is 0 Å². The third kappa shape index (κ3) is 2.08. The Morgan fingerprint density at radius 1 is 1.64 bits per heavy atom. The first-order valence-corrected chi connectivity index (χ1v) is 6.08. The highest BCUT2D eigenvalue weighted by Gasteiger charge is 2.06. The van der Waals surface area contributed by atoms with Gasteiger partial charge in [-0.15, -0.1) is 16.4 Å². The molecule has 0 bridgehead atoms. The quantitative estimate of drug-likeness (QED) is 0.779. The van der Waals surface area contributed by atoms with Crippen LogP contribution >= 0.6 is 34.7 Å². The van der Waals surface area contributed by atoms with Crippen molar-refractivity contribution >= 4 is 34.7 Å². The molecule has 0 atom stereocenters. The van der Waals surface area contributed by atoms with Crippen LogP contribution < -0.4 is 0 Å². The van der Waals surface area contributed by atoms with Gasteiger partial charge in [-0.05, 0) is 21.9 Å². The summed E-state index contributed by atoms with van der Waals surface area (Å²) >= 11 is 9.18. The summed E-state index contributed by atoms with van der Waals surface area (Å²) in [6, 6.07) is 1.90. The van der Waals surface area contributed by atoms with Gasteiger partial charge >= 0.3 is 0 Å². The van der Waals surface area contributed by atoms with E-state index in [4.69, 9.17) is 11.6 Å². The Kier molecular flexibility index (Phi) is 3.05. The summed E-state index contributed by atoms with van der Waals surface area (Å²) in [4.78, 5) is 1.15. The van der Waals surface area contributed by atoms with Crippen LogP contribution in [0.3, 0.4) is 0 Å². The third-order valence-electron chi connectivity index (χ3n) is 1.60. The number of nitrogens with zero attached hydrogens (tertiary/aromatic N) is 4. The fourth-order valence-electron chi connectivity index (χ4n) is 0.902. The molecule has 0 saturated heterocycles. The summed E-state index contributed by atoms with van der Waals surface area (Å²) in [5.41, 5.74) is 0. The van der Waals surface area contributed by atoms with E-state index in [0.717, 1.165) is 20.8 Å². The summed E-state index contributed by atoms with van der Waals surface area (Å²) in [6.07, 6.45) is 0. The Morgan fingerprint density at radius 2 is 2.50 bits per heavy atom. The van der Waals surface area contributed by atoms with Crippen LogP contribution in [-0.2, 0) is 12.8 Å². The van der Waals surface area contributed by atoms with Crippen molar-refractivity contribution in [3.8, 4) is 0 Å². The van der Waals surface area contributed by atoms with Crippen LogP contribution in [0.5, 0.6) is 0 Å². The van der Waals surface area contributed by atoms with Gasteiger partial charge in [-0.25, -0.2) is 4.68 Å². The van der Waals surface area contributed by atoms with E-state index < -0.39 is 0 Å². The van der Waals surface area contributed by atoms with Gasteiger partial charge < -0.3 is 0 Å². The molecular formula is C7H7ClN4S2. The summed E-state index contributed by atoms with van der Waals surface area (Å²) < 4.78 is 1.65. The van der Waals surface area contributed by atoms with Crippen LogP contribution in [0, 0.1) is 0 Å². The average molecular weight is 247 g/mol. The second kappa shape index (κ2) is 4.29. The predicted octanol–water partition coefficient (Wildman–Crippen LogP) is 2.22. The third-order valence-corrected chi connectivity index (χ3v) is 4.21. The zero-order valence-electron chi connectivity index (χ0n) is 7.35. The van der Waals surface area contributed by atoms with Gasteiger partial charge in [0.05, 0.1) is 5.02 Å². The Morgan fingerprint density at radius 3 is 3.07 bits per heavy atom. The van der Waals surface area contributed by atoms with Crippen LogP contribution in [0.1, 0.15) is 4.88 Å². The molecule has 0 aliphatic carbocycles. The van der Waals surface area contributed by atoms with Crippen LogP contribution in [0.2, 0.25) is 5.02 Å². The highest BCUT2D eigenvalue weighted by atomic mass is 35.5. The lowest BCUT2D eigenvalue weighted by Crippen LogP contribution is -1.92. The van der Waals surface area contributed by atoms with Crippen LogP contribution in [0.25, 0.3) is 0 Å². The molecule has 0 radical (unpaired) electrons. The Hall–Kier alpha value is -0.590. The number of hydrogen-bond acceptors (Lipinski definition) is 5. The number of tetrazole rings is 1. The topological polar surface area (TPSA) is 43.6 Å². The van der Waals surface area contributed by atoms with E-state index in [1.807, 2.05) is 18.5 Å². The van der Waals surface area contributed by atoms with E-state index in [-0.39, 0.29) is 0 Å². The smallest absolute Gasteiger partial charge is 0.209 e. The molecule has 0 aromatic carbocycles. The van der Waals surface area contributed by atoms with Gasteiger partial charge in [0.1, 0.15) is 0 Å². The van der Waals surface area contributed by atoms with Crippen molar-refractivity contribution in [2.75, 3.05) is 0 Å². The molecular weight excluding hydrogens is 240 g/mol. The predicted molar refractivity (Wildman–Crippen MR) is 57.7 cm³/mol. The summed E-state index contributed by atoms with van der Waals surface area (Å²) in [6.45, 7) is 0. The van der Waals surface area contributed by atoms with Gasteiger partial charge in [-0.1, -0.05) is 23.4 Å². The molecule has 74 valence electrons. The minimum Gasteiger partial charge on any atom is -0.224 e. The number of rotatable bonds is 3. The number of aryl methyl sites for hydroxylation is 1. The first-order chi connectivity index (χ1) is 6.77. The first-order valence-electron chi connectivity index (χ1n) is 3.84. The van der Waals surface area contributed by atoms with E-state index in [1.165, 1.54) is 0 Å². The molecule has 2 rings (SSSR count). The molecule has 14 heavy (non-hydrogen) atoms. The maximum atomic E-state index is 5.96. The molecule has 2 heterocycles. The fourth-order valence-corrected chi connectivity index (χ4v) is 3.05. The number of hydrogen-bond donors (Lipinski definition) is 0. The summed E-state index contributed by atoms with van der Waals surface area (Å²) in [7, 11) is 1.82. The number of halogens is 1. The number of thiophene rings is 1. The van der Waals surface area contributed by atoms with Crippen molar-refractivity contribution in [3.63, 3.8) is 0 Å². The second-order valence-electron chi connectivity index (χ2n) is 2.57. The number of aromatic nitrogens is 4. The van der Waals surface area contributed by atoms with Crippen molar-refractivity contribution in [1.29, 1.82) is 0 Å². The molecule has 0 N–H and O–H groups in total. The zero-order chi connectivity index (χ0) is 9.97. The van der Waals surface area contributed by atoms with Crippen molar-refractivity contribution in [3.05, 3.63) is 21.3 Å². The van der Waals surface area contributed by atoms with Gasteiger partial charge in [0.2, 0.25) is 5.16 Å². The molecule has 0 amide bonds. The molecule has 0 fully saturated rings. The monoisotopic (exact) mass is 246 g/mol. The first kappa shape index (κ1) is 9.95. The van der Waals surface area contributed by atoms with Crippen LogP contribution in [0.15, 0.2) is 16.6 Å². The Balaban J connectivity index is 2.02. The normalized spacial score (nSPS) is 10.7. The van der Waals surface area contributed by atoms with E-state index in [9.17, 15) is 0 Å². The van der Waals surface area contributed by atoms with Gasteiger partial charge in [0.15, 0.2) is 0 Å². The minimum absolute atomic E-state index is 0.800. The fraction of sp³-hybridized carbons (Fsp3) is 0.286. The Labute approximate surface area is 94.3 Å². The van der Waals surface area contributed by atoms with E-state index in [2.05, 4.69) is 15.5 Å². The summed E-state index contributed by atoms with van der Waals surface area (Å²) in [5.74, 6) is 0.810. The molecule has 0 aliphatic heterocycles. The SMILES string of the molecule is Cn1nnnc1SCc1sccc1Cl. The van der Waals surface area contributed by atoms with E-state index >= 15 is 0 Å². The van der Waals surface area contributed by atoms with Crippen molar-refractivity contribution in [1.82, 2.24) is 20.2 Å². The molecule has 4 nitrogen and oxygen atoms in total. The molecule has 0 aliphatic rings. The second-order valence-corrected chi connectivity index (χ2v) is 4.92. The summed E-state index contributed by atoms with van der Waals surface area (Å²) in [5, 5.41) is 14.8. The van der Waals surface area contributed by atoms with Crippen LogP contribution in [0.4, 0.5) is 0 Å². The number of thioether (sulfide) groups is 1. The largest absolute Gasteiger partial charge is 0.224 e. The van der Waals surface area contributed by atoms with Crippen LogP contribution in [-0.4, -0.2) is 20.2 Å². The lowest BCUT2D eigenvalue weighted by Gasteiger charge is -1.97. The lowest BCUT2D eigenvalue weighted by atomic mass is 10.5. The van der Waals surface area contributed by atoms with Crippen molar-refractivity contribution in [2.24, 2.45) is 7.05 Å². The molecule has 0 unspecified atom stereocenters. The van der Waals surface area contributed by atoms with E-state index in [0.29, 0.717) is 0 Å². The molecule has 0 saturated carbocycles. The zero-order valence-corrected chi connectivity index (χ0v) is 9.73. The van der Waals surface area contributed by atoms with Gasteiger partial charge in [0, 0.05) is 17.7 Å². The molecule has 2 aromatic rings. The average Bonchev–Trinajstić information content (AvgIpc) is 2.72. The standard InChI is InChI=1S/C7H7ClN4S2/c1-12-7(9-10-11-12)14-4-6-5(8)2-3-13-6/h2-3H,4H2,1H3. The molecule has 2 aromatic heterocycles. The molecule has 7 heteroatoms. The molecule has 0 spiro atoms. The highest BCUT2D eigenvalue weighted by molar-refractivity contribution is 7.98. The maximum absolute atomic E-state index is 5.96. The Bertz CT molecular complexity index is 385. The lowest BCUT2D eigenvalue weighted by molar-refractivity contribution is 0.664. The van der Waals surface area contributed by atoms with Gasteiger partial charge in [-0.3, -0.25) is 0 Å². The highest BCUT2D eigenvalue weighted by Crippen LogP contribution is 2.28. The van der Waals surface area contributed by atoms with Crippen molar-refractivity contribution in [2.45, 2.75) is 10.9 Å². The maximum Gasteiger partial charge on any atom is 0.209 e. The van der Waals surface area contributed by atoms with Crippen molar-refractivity contribution < 1.29 is 0 Å². The van der Waals surface area contributed by atoms with Gasteiger partial charge in [-0.2, -0.15) is 0 Å². The van der Waals surface area contributed by atoms with E-state index in [1.54, 1.807) is 27.8 Å². The minimum atomic E-state index is 0.800.